The number of aromatic amines is 1. The van der Waals surface area contributed by atoms with Crippen molar-refractivity contribution in [1.82, 2.24) is 9.97 Å². The summed E-state index contributed by atoms with van der Waals surface area (Å²) < 4.78 is 5.17. The summed E-state index contributed by atoms with van der Waals surface area (Å²) in [7, 11) is 1.62. The van der Waals surface area contributed by atoms with Crippen molar-refractivity contribution < 1.29 is 4.74 Å². The Morgan fingerprint density at radius 1 is 1.10 bits per heavy atom. The van der Waals surface area contributed by atoms with Crippen molar-refractivity contribution in [3.63, 3.8) is 0 Å². The molecule has 0 spiro atoms. The maximum Gasteiger partial charge on any atom is 0.274 e. The molecule has 0 radical (unpaired) electrons. The monoisotopic (exact) mass is 278 g/mol. The minimum absolute atomic E-state index is 0.201. The maximum atomic E-state index is 12.0. The third-order valence-electron chi connectivity index (χ3n) is 3.15. The van der Waals surface area contributed by atoms with E-state index in [2.05, 4.69) is 9.97 Å². The Hall–Kier alpha value is -2.88. The van der Waals surface area contributed by atoms with Gasteiger partial charge in [-0.25, -0.2) is 4.98 Å². The highest BCUT2D eigenvalue weighted by Gasteiger charge is 2.01. The van der Waals surface area contributed by atoms with Crippen LogP contribution < -0.4 is 10.3 Å². The lowest BCUT2D eigenvalue weighted by Crippen LogP contribution is -2.11. The molecule has 0 atom stereocenters. The number of benzene rings is 2. The van der Waals surface area contributed by atoms with Crippen LogP contribution in [0.5, 0.6) is 5.75 Å². The number of nitrogens with zero attached hydrogens (tertiary/aromatic N) is 1. The first-order chi connectivity index (χ1) is 10.3. The average Bonchev–Trinajstić information content (AvgIpc) is 2.53. The van der Waals surface area contributed by atoms with Crippen molar-refractivity contribution in [3.05, 3.63) is 70.1 Å². The number of aromatic nitrogens is 2. The van der Waals surface area contributed by atoms with Gasteiger partial charge in [-0.1, -0.05) is 30.3 Å². The zero-order valence-corrected chi connectivity index (χ0v) is 11.5. The Labute approximate surface area is 121 Å². The van der Waals surface area contributed by atoms with Crippen LogP contribution in [0.15, 0.2) is 53.3 Å². The standard InChI is InChI=1S/C17H14N2O2/c1-21-13-6-4-5-12(11-13)9-10-16-17(20)19-15-8-3-2-7-14(15)18-16/h2-11H,1H3,(H,19,20). The third kappa shape index (κ3) is 2.84. The number of ether oxygens (including phenoxy) is 1. The van der Waals surface area contributed by atoms with Crippen LogP contribution in [0.1, 0.15) is 11.3 Å². The lowest BCUT2D eigenvalue weighted by Gasteiger charge is -2.00. The van der Waals surface area contributed by atoms with E-state index in [1.54, 1.807) is 13.2 Å². The van der Waals surface area contributed by atoms with Crippen LogP contribution in [0.4, 0.5) is 0 Å². The molecule has 1 aromatic heterocycles. The van der Waals surface area contributed by atoms with Crippen molar-refractivity contribution >= 4 is 23.2 Å². The highest BCUT2D eigenvalue weighted by Crippen LogP contribution is 2.14. The zero-order valence-electron chi connectivity index (χ0n) is 11.5. The van der Waals surface area contributed by atoms with Crippen molar-refractivity contribution in [2.75, 3.05) is 7.11 Å². The van der Waals surface area contributed by atoms with E-state index in [4.69, 9.17) is 4.74 Å². The summed E-state index contributed by atoms with van der Waals surface area (Å²) in [6.07, 6.45) is 3.55. The summed E-state index contributed by atoms with van der Waals surface area (Å²) in [6, 6.07) is 15.1. The second-order valence-electron chi connectivity index (χ2n) is 4.58. The molecule has 3 rings (SSSR count). The number of nitrogens with one attached hydrogen (secondary N) is 1. The lowest BCUT2D eigenvalue weighted by molar-refractivity contribution is 0.414. The zero-order chi connectivity index (χ0) is 14.7. The normalized spacial score (nSPS) is 11.1. The van der Waals surface area contributed by atoms with Gasteiger partial charge in [-0.3, -0.25) is 4.79 Å². The molecule has 0 saturated carbocycles. The largest absolute Gasteiger partial charge is 0.497 e. The van der Waals surface area contributed by atoms with Gasteiger partial charge in [0, 0.05) is 0 Å². The summed E-state index contributed by atoms with van der Waals surface area (Å²) in [4.78, 5) is 19.2. The number of rotatable bonds is 3. The van der Waals surface area contributed by atoms with Gasteiger partial charge in [-0.2, -0.15) is 0 Å². The van der Waals surface area contributed by atoms with Gasteiger partial charge >= 0.3 is 0 Å². The van der Waals surface area contributed by atoms with Crippen molar-refractivity contribution in [2.45, 2.75) is 0 Å². The number of hydrogen-bond donors (Lipinski definition) is 1. The van der Waals surface area contributed by atoms with Crippen molar-refractivity contribution in [1.29, 1.82) is 0 Å². The molecule has 0 fully saturated rings. The highest BCUT2D eigenvalue weighted by atomic mass is 16.5. The van der Waals surface area contributed by atoms with Gasteiger partial charge in [0.2, 0.25) is 0 Å². The van der Waals surface area contributed by atoms with Crippen molar-refractivity contribution in [2.24, 2.45) is 0 Å². The molecular weight excluding hydrogens is 264 g/mol. The predicted octanol–water partition coefficient (Wildman–Crippen LogP) is 3.10. The van der Waals surface area contributed by atoms with E-state index < -0.39 is 0 Å². The summed E-state index contributed by atoms with van der Waals surface area (Å²) >= 11 is 0. The Morgan fingerprint density at radius 3 is 2.81 bits per heavy atom. The lowest BCUT2D eigenvalue weighted by atomic mass is 10.2. The van der Waals surface area contributed by atoms with E-state index in [0.717, 1.165) is 22.3 Å². The Balaban J connectivity index is 1.98. The van der Waals surface area contributed by atoms with Gasteiger partial charge in [0.25, 0.3) is 5.56 Å². The average molecular weight is 278 g/mol. The van der Waals surface area contributed by atoms with E-state index >= 15 is 0 Å². The molecule has 0 amide bonds. The molecule has 1 N–H and O–H groups in total. The molecule has 3 aromatic rings. The van der Waals surface area contributed by atoms with E-state index in [1.165, 1.54) is 0 Å². The molecule has 0 aliphatic rings. The molecule has 104 valence electrons. The summed E-state index contributed by atoms with van der Waals surface area (Å²) in [5.41, 5.74) is 2.64. The number of H-pyrrole nitrogens is 1. The number of fused-ring (bicyclic) bond motifs is 1. The quantitative estimate of drug-likeness (QED) is 0.801. The number of methoxy groups -OCH3 is 1. The van der Waals surface area contributed by atoms with Gasteiger partial charge in [-0.15, -0.1) is 0 Å². The smallest absolute Gasteiger partial charge is 0.274 e. The topological polar surface area (TPSA) is 55.0 Å². The molecule has 4 heteroatoms. The second-order valence-corrected chi connectivity index (χ2v) is 4.58. The molecule has 0 bridgehead atoms. The summed E-state index contributed by atoms with van der Waals surface area (Å²) in [6.45, 7) is 0. The number of para-hydroxylation sites is 2. The van der Waals surface area contributed by atoms with Gasteiger partial charge in [0.15, 0.2) is 0 Å². The van der Waals surface area contributed by atoms with Crippen LogP contribution in [0.25, 0.3) is 23.2 Å². The van der Waals surface area contributed by atoms with Crippen LogP contribution in [0.3, 0.4) is 0 Å². The molecule has 0 aliphatic heterocycles. The fourth-order valence-corrected chi connectivity index (χ4v) is 2.08. The van der Waals surface area contributed by atoms with Gasteiger partial charge in [0.05, 0.1) is 18.1 Å². The van der Waals surface area contributed by atoms with E-state index in [-0.39, 0.29) is 5.56 Å². The molecule has 2 aromatic carbocycles. The predicted molar refractivity (Wildman–Crippen MR) is 84.3 cm³/mol. The second kappa shape index (κ2) is 5.63. The van der Waals surface area contributed by atoms with Crippen LogP contribution in [0.2, 0.25) is 0 Å². The highest BCUT2D eigenvalue weighted by molar-refractivity contribution is 5.76. The molecule has 1 heterocycles. The van der Waals surface area contributed by atoms with Crippen molar-refractivity contribution in [3.8, 4) is 5.75 Å². The van der Waals surface area contributed by atoms with Gasteiger partial charge in [0.1, 0.15) is 11.4 Å². The molecule has 21 heavy (non-hydrogen) atoms. The Kier molecular flexibility index (Phi) is 3.51. The van der Waals surface area contributed by atoms with Crippen LogP contribution >= 0.6 is 0 Å². The fraction of sp³-hybridized carbons (Fsp3) is 0.0588. The molecule has 4 nitrogen and oxygen atoms in total. The Bertz CT molecular complexity index is 866. The van der Waals surface area contributed by atoms with E-state index in [1.807, 2.05) is 54.6 Å². The van der Waals surface area contributed by atoms with Crippen LogP contribution in [-0.4, -0.2) is 17.1 Å². The molecule has 0 saturated heterocycles. The minimum Gasteiger partial charge on any atom is -0.497 e. The fourth-order valence-electron chi connectivity index (χ4n) is 2.08. The first-order valence-corrected chi connectivity index (χ1v) is 6.57. The SMILES string of the molecule is COc1cccc(C=Cc2nc3ccccc3[nH]c2=O)c1. The third-order valence-corrected chi connectivity index (χ3v) is 3.15. The van der Waals surface area contributed by atoms with E-state index in [9.17, 15) is 4.79 Å². The molecule has 0 unspecified atom stereocenters. The summed E-state index contributed by atoms with van der Waals surface area (Å²) in [5, 5.41) is 0. The van der Waals surface area contributed by atoms with Gasteiger partial charge in [-0.05, 0) is 35.9 Å². The minimum atomic E-state index is -0.201. The summed E-state index contributed by atoms with van der Waals surface area (Å²) in [5.74, 6) is 0.775. The number of hydrogen-bond acceptors (Lipinski definition) is 3. The maximum absolute atomic E-state index is 12.0. The van der Waals surface area contributed by atoms with E-state index in [0.29, 0.717) is 5.69 Å². The van der Waals surface area contributed by atoms with Crippen LogP contribution in [-0.2, 0) is 0 Å². The molecule has 0 aliphatic carbocycles. The van der Waals surface area contributed by atoms with Gasteiger partial charge < -0.3 is 9.72 Å². The first kappa shape index (κ1) is 13.1. The van der Waals surface area contributed by atoms with Crippen LogP contribution in [0, 0.1) is 0 Å². The molecular formula is C17H14N2O2. The first-order valence-electron chi connectivity index (χ1n) is 6.57. The Morgan fingerprint density at radius 2 is 1.95 bits per heavy atom.